The van der Waals surface area contributed by atoms with E-state index in [-0.39, 0.29) is 0 Å². The molecule has 0 aliphatic heterocycles. The third-order valence-electron chi connectivity index (χ3n) is 1.97. The molecule has 0 radical (unpaired) electrons. The van der Waals surface area contributed by atoms with Gasteiger partial charge >= 0.3 is 0 Å². The van der Waals surface area contributed by atoms with E-state index >= 15 is 0 Å². The van der Waals surface area contributed by atoms with Crippen LogP contribution in [0, 0.1) is 0 Å². The fourth-order valence-electron chi connectivity index (χ4n) is 1.02. The first-order valence-electron chi connectivity index (χ1n) is 4.84. The Kier molecular flexibility index (Phi) is 4.66. The van der Waals surface area contributed by atoms with E-state index in [1.807, 2.05) is 14.1 Å². The quantitative estimate of drug-likeness (QED) is 0.656. The molecule has 0 aliphatic carbocycles. The molecule has 0 fully saturated rings. The number of hydrogen-bond acceptors (Lipinski definition) is 3. The first kappa shape index (κ1) is 13.7. The van der Waals surface area contributed by atoms with Gasteiger partial charge in [-0.25, -0.2) is 4.99 Å². The van der Waals surface area contributed by atoms with Crippen molar-refractivity contribution in [2.45, 2.75) is 0 Å². The highest BCUT2D eigenvalue weighted by molar-refractivity contribution is 6.42. The second-order valence-electron chi connectivity index (χ2n) is 3.60. The van der Waals surface area contributed by atoms with Crippen LogP contribution in [0.15, 0.2) is 35.1 Å². The van der Waals surface area contributed by atoms with Gasteiger partial charge in [0.15, 0.2) is 0 Å². The van der Waals surface area contributed by atoms with Crippen molar-refractivity contribution >= 4 is 34.7 Å². The highest BCUT2D eigenvalue weighted by Crippen LogP contribution is 2.26. The van der Waals surface area contributed by atoms with Crippen LogP contribution in [0.3, 0.4) is 0 Å². The molecule has 0 spiro atoms. The van der Waals surface area contributed by atoms with Crippen LogP contribution in [0.25, 0.3) is 0 Å². The minimum Gasteiger partial charge on any atom is -0.385 e. The van der Waals surface area contributed by atoms with Crippen LogP contribution in [-0.4, -0.2) is 24.8 Å². The third-order valence-corrected chi connectivity index (χ3v) is 2.71. The Bertz CT molecular complexity index is 467. The van der Waals surface area contributed by atoms with Gasteiger partial charge in [0.25, 0.3) is 0 Å². The van der Waals surface area contributed by atoms with Crippen molar-refractivity contribution in [2.75, 3.05) is 14.1 Å². The number of nitrogens with two attached hydrogens (primary N) is 2. The maximum atomic E-state index is 5.86. The second kappa shape index (κ2) is 5.80. The molecule has 0 saturated heterocycles. The van der Waals surface area contributed by atoms with E-state index < -0.39 is 0 Å². The number of amidine groups is 1. The first-order chi connectivity index (χ1) is 7.90. The topological polar surface area (TPSA) is 67.6 Å². The van der Waals surface area contributed by atoms with E-state index in [0.29, 0.717) is 27.4 Å². The Morgan fingerprint density at radius 2 is 1.88 bits per heavy atom. The van der Waals surface area contributed by atoms with E-state index in [2.05, 4.69) is 4.99 Å². The summed E-state index contributed by atoms with van der Waals surface area (Å²) in [5, 5.41) is 0.915. The van der Waals surface area contributed by atoms with E-state index in [4.69, 9.17) is 34.7 Å². The van der Waals surface area contributed by atoms with Crippen molar-refractivity contribution in [3.63, 3.8) is 0 Å². The van der Waals surface area contributed by atoms with E-state index in [1.54, 1.807) is 29.2 Å². The van der Waals surface area contributed by atoms with Crippen molar-refractivity contribution in [3.8, 4) is 0 Å². The van der Waals surface area contributed by atoms with Gasteiger partial charge in [0.05, 0.1) is 15.7 Å². The standard InChI is InChI=1S/C11H14Cl2N4/c1-17(2)11(15)6-10(14)16-7-3-4-8(12)9(13)5-7/h3-6H,15H2,1-2H3,(H2,14,16). The lowest BCUT2D eigenvalue weighted by atomic mass is 10.3. The predicted molar refractivity (Wildman–Crippen MR) is 73.7 cm³/mol. The molecule has 1 aromatic rings. The molecule has 1 rings (SSSR count). The summed E-state index contributed by atoms with van der Waals surface area (Å²) in [7, 11) is 3.64. The molecule has 0 unspecified atom stereocenters. The second-order valence-corrected chi connectivity index (χ2v) is 4.41. The fourth-order valence-corrected chi connectivity index (χ4v) is 1.31. The summed E-state index contributed by atoms with van der Waals surface area (Å²) in [6.07, 6.45) is 1.57. The maximum absolute atomic E-state index is 5.86. The highest BCUT2D eigenvalue weighted by Gasteiger charge is 1.99. The number of nitrogens with zero attached hydrogens (tertiary/aromatic N) is 2. The molecule has 0 aliphatic rings. The normalized spacial score (nSPS) is 12.7. The van der Waals surface area contributed by atoms with Gasteiger partial charge in [0.2, 0.25) is 0 Å². The Morgan fingerprint density at radius 3 is 2.41 bits per heavy atom. The molecule has 0 heterocycles. The van der Waals surface area contributed by atoms with Crippen molar-refractivity contribution in [1.29, 1.82) is 0 Å². The third kappa shape index (κ3) is 4.17. The molecule has 0 atom stereocenters. The van der Waals surface area contributed by atoms with Gasteiger partial charge in [-0.05, 0) is 18.2 Å². The van der Waals surface area contributed by atoms with Crippen LogP contribution in [-0.2, 0) is 0 Å². The number of benzene rings is 1. The van der Waals surface area contributed by atoms with Crippen LogP contribution in [0.4, 0.5) is 5.69 Å². The summed E-state index contributed by atoms with van der Waals surface area (Å²) in [5.41, 5.74) is 12.1. The molecule has 0 amide bonds. The summed E-state index contributed by atoms with van der Waals surface area (Å²) in [6, 6.07) is 5.02. The first-order valence-corrected chi connectivity index (χ1v) is 5.59. The fraction of sp³-hybridized carbons (Fsp3) is 0.182. The van der Waals surface area contributed by atoms with E-state index in [0.717, 1.165) is 0 Å². The number of rotatable bonds is 3. The highest BCUT2D eigenvalue weighted by atomic mass is 35.5. The van der Waals surface area contributed by atoms with Gasteiger partial charge in [-0.3, -0.25) is 0 Å². The average molecular weight is 273 g/mol. The van der Waals surface area contributed by atoms with Gasteiger partial charge < -0.3 is 16.4 Å². The van der Waals surface area contributed by atoms with E-state index in [1.165, 1.54) is 0 Å². The largest absolute Gasteiger partial charge is 0.385 e. The van der Waals surface area contributed by atoms with Crippen LogP contribution in [0.2, 0.25) is 10.0 Å². The molecule has 0 saturated carbocycles. The summed E-state index contributed by atoms with van der Waals surface area (Å²) in [4.78, 5) is 5.88. The number of halogens is 2. The molecule has 4 N–H and O–H groups in total. The summed E-state index contributed by atoms with van der Waals surface area (Å²) < 4.78 is 0. The summed E-state index contributed by atoms with van der Waals surface area (Å²) >= 11 is 11.7. The van der Waals surface area contributed by atoms with E-state index in [9.17, 15) is 0 Å². The lowest BCUT2D eigenvalue weighted by Crippen LogP contribution is -2.21. The molecule has 92 valence electrons. The Labute approximate surface area is 111 Å². The summed E-state index contributed by atoms with van der Waals surface area (Å²) in [6.45, 7) is 0. The lowest BCUT2D eigenvalue weighted by Gasteiger charge is -2.11. The van der Waals surface area contributed by atoms with Crippen molar-refractivity contribution in [2.24, 2.45) is 16.5 Å². The Balaban J connectivity index is 2.95. The molecule has 0 bridgehead atoms. The predicted octanol–water partition coefficient (Wildman–Crippen LogP) is 2.34. The average Bonchev–Trinajstić information content (AvgIpc) is 2.23. The van der Waals surface area contributed by atoms with Crippen molar-refractivity contribution < 1.29 is 0 Å². The minimum absolute atomic E-state index is 0.301. The van der Waals surface area contributed by atoms with Crippen LogP contribution >= 0.6 is 23.2 Å². The number of aliphatic imine (C=N–C) groups is 1. The lowest BCUT2D eigenvalue weighted by molar-refractivity contribution is 0.506. The van der Waals surface area contributed by atoms with Gasteiger partial charge in [-0.2, -0.15) is 0 Å². The van der Waals surface area contributed by atoms with Crippen molar-refractivity contribution in [3.05, 3.63) is 40.1 Å². The van der Waals surface area contributed by atoms with Gasteiger partial charge in [0, 0.05) is 20.2 Å². The molecule has 17 heavy (non-hydrogen) atoms. The zero-order chi connectivity index (χ0) is 13.0. The molecular weight excluding hydrogens is 259 g/mol. The summed E-state index contributed by atoms with van der Waals surface area (Å²) in [5.74, 6) is 0.820. The number of hydrogen-bond donors (Lipinski definition) is 2. The maximum Gasteiger partial charge on any atom is 0.127 e. The molecular formula is C11H14Cl2N4. The zero-order valence-electron chi connectivity index (χ0n) is 9.61. The monoisotopic (exact) mass is 272 g/mol. The SMILES string of the molecule is CN(C)C(N)=CC(N)=Nc1ccc(Cl)c(Cl)c1. The van der Waals surface area contributed by atoms with Gasteiger partial charge in [-0.1, -0.05) is 23.2 Å². The molecule has 0 aromatic heterocycles. The van der Waals surface area contributed by atoms with Crippen LogP contribution in [0.1, 0.15) is 0 Å². The Hall–Kier alpha value is -1.39. The van der Waals surface area contributed by atoms with Crippen LogP contribution < -0.4 is 11.5 Å². The van der Waals surface area contributed by atoms with Crippen LogP contribution in [0.5, 0.6) is 0 Å². The smallest absolute Gasteiger partial charge is 0.127 e. The molecule has 1 aromatic carbocycles. The zero-order valence-corrected chi connectivity index (χ0v) is 11.1. The minimum atomic E-state index is 0.301. The molecule has 6 heteroatoms. The molecule has 4 nitrogen and oxygen atoms in total. The van der Waals surface area contributed by atoms with Crippen molar-refractivity contribution in [1.82, 2.24) is 4.90 Å². The van der Waals surface area contributed by atoms with Gasteiger partial charge in [-0.15, -0.1) is 0 Å². The Morgan fingerprint density at radius 1 is 1.24 bits per heavy atom. The van der Waals surface area contributed by atoms with Gasteiger partial charge in [0.1, 0.15) is 11.7 Å².